The Hall–Kier alpha value is -2.04. The van der Waals surface area contributed by atoms with E-state index in [0.29, 0.717) is 0 Å². The Morgan fingerprint density at radius 2 is 1.55 bits per heavy atom. The van der Waals surface area contributed by atoms with E-state index in [-0.39, 0.29) is 11.6 Å². The van der Waals surface area contributed by atoms with Gasteiger partial charge in [-0.3, -0.25) is 5.32 Å². The Morgan fingerprint density at radius 1 is 1.00 bits per heavy atom. The lowest BCUT2D eigenvalue weighted by Gasteiger charge is -2.28. The van der Waals surface area contributed by atoms with Crippen molar-refractivity contribution >= 4 is 0 Å². The van der Waals surface area contributed by atoms with Crippen LogP contribution in [0.1, 0.15) is 31.0 Å². The third-order valence-electron chi connectivity index (χ3n) is 3.38. The molecule has 0 saturated heterocycles. The van der Waals surface area contributed by atoms with Crippen LogP contribution in [0.5, 0.6) is 0 Å². The van der Waals surface area contributed by atoms with Gasteiger partial charge in [-0.25, -0.2) is 0 Å². The minimum absolute atomic E-state index is 0.213. The lowest BCUT2D eigenvalue weighted by molar-refractivity contribution is 0.409. The topological polar surface area (TPSA) is 12.0 Å². The number of nitrogens with one attached hydrogen (secondary N) is 1. The Labute approximate surface area is 122 Å². The summed E-state index contributed by atoms with van der Waals surface area (Å²) in [6, 6.07) is 21.2. The Morgan fingerprint density at radius 3 is 2.10 bits per heavy atom. The fourth-order valence-corrected chi connectivity index (χ4v) is 2.26. The van der Waals surface area contributed by atoms with Gasteiger partial charge in [-0.15, -0.1) is 6.42 Å². The molecule has 0 saturated carbocycles. The van der Waals surface area contributed by atoms with E-state index in [0.717, 1.165) is 6.42 Å². The molecule has 0 aliphatic carbocycles. The van der Waals surface area contributed by atoms with Crippen LogP contribution in [0.3, 0.4) is 0 Å². The van der Waals surface area contributed by atoms with Gasteiger partial charge in [0.05, 0.1) is 5.54 Å². The first-order valence-electron chi connectivity index (χ1n) is 6.95. The fraction of sp³-hybridized carbons (Fsp3) is 0.263. The molecule has 2 aromatic rings. The smallest absolute Gasteiger partial charge is 0.0746 e. The summed E-state index contributed by atoms with van der Waals surface area (Å²) in [6.07, 6.45) is 6.54. The van der Waals surface area contributed by atoms with E-state index in [1.165, 1.54) is 11.1 Å². The van der Waals surface area contributed by atoms with Crippen molar-refractivity contribution in [3.63, 3.8) is 0 Å². The number of rotatable bonds is 5. The van der Waals surface area contributed by atoms with Crippen molar-refractivity contribution < 1.29 is 0 Å². The van der Waals surface area contributed by atoms with Gasteiger partial charge in [0, 0.05) is 6.04 Å². The zero-order valence-corrected chi connectivity index (χ0v) is 12.1. The molecule has 0 radical (unpaired) electrons. The molecule has 0 aliphatic heterocycles. The molecule has 1 unspecified atom stereocenters. The van der Waals surface area contributed by atoms with Crippen LogP contribution in [-0.4, -0.2) is 5.54 Å². The van der Waals surface area contributed by atoms with E-state index >= 15 is 0 Å². The predicted molar refractivity (Wildman–Crippen MR) is 85.4 cm³/mol. The highest BCUT2D eigenvalue weighted by Gasteiger charge is 2.21. The summed E-state index contributed by atoms with van der Waals surface area (Å²) in [5.41, 5.74) is 2.25. The second kappa shape index (κ2) is 6.41. The summed E-state index contributed by atoms with van der Waals surface area (Å²) < 4.78 is 0. The predicted octanol–water partition coefficient (Wildman–Crippen LogP) is 3.97. The zero-order valence-electron chi connectivity index (χ0n) is 12.1. The van der Waals surface area contributed by atoms with Crippen LogP contribution in [0.2, 0.25) is 0 Å². The number of benzene rings is 2. The van der Waals surface area contributed by atoms with E-state index < -0.39 is 0 Å². The molecule has 2 rings (SSSR count). The molecule has 0 aromatic heterocycles. The number of hydrogen-bond donors (Lipinski definition) is 1. The van der Waals surface area contributed by atoms with Crippen LogP contribution in [-0.2, 0) is 6.42 Å². The minimum Gasteiger partial charge on any atom is -0.294 e. The van der Waals surface area contributed by atoms with Gasteiger partial charge in [0.15, 0.2) is 0 Å². The van der Waals surface area contributed by atoms with Crippen LogP contribution < -0.4 is 5.32 Å². The molecule has 1 N–H and O–H groups in total. The minimum atomic E-state index is -0.324. The van der Waals surface area contributed by atoms with E-state index in [9.17, 15) is 0 Å². The fourth-order valence-electron chi connectivity index (χ4n) is 2.26. The van der Waals surface area contributed by atoms with Crippen molar-refractivity contribution in [2.75, 3.05) is 0 Å². The molecule has 0 fully saturated rings. The monoisotopic (exact) mass is 263 g/mol. The second-order valence-electron chi connectivity index (χ2n) is 5.57. The maximum absolute atomic E-state index is 5.61. The molecule has 102 valence electrons. The lowest BCUT2D eigenvalue weighted by atomic mass is 9.95. The molecule has 0 amide bonds. The molecule has 0 bridgehead atoms. The number of terminal acetylenes is 1. The van der Waals surface area contributed by atoms with E-state index in [2.05, 4.69) is 59.8 Å². The van der Waals surface area contributed by atoms with Crippen molar-refractivity contribution in [1.29, 1.82) is 0 Å². The van der Waals surface area contributed by atoms with E-state index in [4.69, 9.17) is 6.42 Å². The van der Waals surface area contributed by atoms with Crippen LogP contribution in [0.15, 0.2) is 60.7 Å². The third-order valence-corrected chi connectivity index (χ3v) is 3.38. The van der Waals surface area contributed by atoms with Crippen LogP contribution in [0.4, 0.5) is 0 Å². The molecule has 1 heteroatoms. The average molecular weight is 263 g/mol. The van der Waals surface area contributed by atoms with Crippen molar-refractivity contribution in [2.24, 2.45) is 0 Å². The Balaban J connectivity index is 2.23. The first-order chi connectivity index (χ1) is 9.61. The van der Waals surface area contributed by atoms with Gasteiger partial charge in [0.2, 0.25) is 0 Å². The molecular formula is C19H21N. The molecule has 0 aliphatic rings. The standard InChI is InChI=1S/C19H21N/c1-4-19(2,3)20-18(17-13-9-6-10-14-17)15-16-11-7-5-8-12-16/h1,5-14,18,20H,15H2,2-3H3. The third kappa shape index (κ3) is 3.98. The molecule has 2 aromatic carbocycles. The Kier molecular flexibility index (Phi) is 4.61. The average Bonchev–Trinajstić information content (AvgIpc) is 2.48. The van der Waals surface area contributed by atoms with E-state index in [1.807, 2.05) is 26.0 Å². The normalized spacial score (nSPS) is 12.7. The maximum atomic E-state index is 5.61. The quantitative estimate of drug-likeness (QED) is 0.805. The van der Waals surface area contributed by atoms with Crippen LogP contribution >= 0.6 is 0 Å². The Bertz CT molecular complexity index is 564. The lowest BCUT2D eigenvalue weighted by Crippen LogP contribution is -2.41. The molecule has 0 spiro atoms. The van der Waals surface area contributed by atoms with Gasteiger partial charge >= 0.3 is 0 Å². The number of hydrogen-bond acceptors (Lipinski definition) is 1. The van der Waals surface area contributed by atoms with Crippen molar-refractivity contribution in [2.45, 2.75) is 31.8 Å². The first-order valence-corrected chi connectivity index (χ1v) is 6.95. The first kappa shape index (κ1) is 14.4. The molecule has 1 nitrogen and oxygen atoms in total. The molecular weight excluding hydrogens is 242 g/mol. The summed E-state index contributed by atoms with van der Waals surface area (Å²) in [5.74, 6) is 2.82. The summed E-state index contributed by atoms with van der Waals surface area (Å²) in [7, 11) is 0. The van der Waals surface area contributed by atoms with Gasteiger partial charge in [0.1, 0.15) is 0 Å². The summed E-state index contributed by atoms with van der Waals surface area (Å²) >= 11 is 0. The van der Waals surface area contributed by atoms with Gasteiger partial charge in [-0.05, 0) is 31.4 Å². The summed E-state index contributed by atoms with van der Waals surface area (Å²) in [6.45, 7) is 4.07. The van der Waals surface area contributed by atoms with Gasteiger partial charge < -0.3 is 0 Å². The van der Waals surface area contributed by atoms with Gasteiger partial charge in [-0.1, -0.05) is 66.6 Å². The molecule has 0 heterocycles. The highest BCUT2D eigenvalue weighted by atomic mass is 15.0. The molecule has 20 heavy (non-hydrogen) atoms. The largest absolute Gasteiger partial charge is 0.294 e. The van der Waals surface area contributed by atoms with Crippen molar-refractivity contribution in [1.82, 2.24) is 5.32 Å². The zero-order chi connectivity index (χ0) is 14.4. The highest BCUT2D eigenvalue weighted by molar-refractivity contribution is 5.25. The second-order valence-corrected chi connectivity index (χ2v) is 5.57. The van der Waals surface area contributed by atoms with Crippen LogP contribution in [0, 0.1) is 12.3 Å². The highest BCUT2D eigenvalue weighted by Crippen LogP contribution is 2.21. The van der Waals surface area contributed by atoms with E-state index in [1.54, 1.807) is 0 Å². The van der Waals surface area contributed by atoms with Gasteiger partial charge in [-0.2, -0.15) is 0 Å². The van der Waals surface area contributed by atoms with Crippen LogP contribution in [0.25, 0.3) is 0 Å². The summed E-state index contributed by atoms with van der Waals surface area (Å²) in [5, 5.41) is 3.57. The molecule has 1 atom stereocenters. The summed E-state index contributed by atoms with van der Waals surface area (Å²) in [4.78, 5) is 0. The SMILES string of the molecule is C#CC(C)(C)NC(Cc1ccccc1)c1ccccc1. The van der Waals surface area contributed by atoms with Crippen molar-refractivity contribution in [3.05, 3.63) is 71.8 Å². The maximum Gasteiger partial charge on any atom is 0.0746 e. The van der Waals surface area contributed by atoms with Gasteiger partial charge in [0.25, 0.3) is 0 Å². The van der Waals surface area contributed by atoms with Crippen molar-refractivity contribution in [3.8, 4) is 12.3 Å².